The SMILES string of the molecule is COc1ccc(F)c(F)c1CN1CCN(C)C(c2ccccc2)C1. The maximum atomic E-state index is 14.2. The minimum absolute atomic E-state index is 0.238. The average Bonchev–Trinajstić information content (AvgIpc) is 2.61. The van der Waals surface area contributed by atoms with Crippen molar-refractivity contribution in [2.24, 2.45) is 0 Å². The lowest BCUT2D eigenvalue weighted by molar-refractivity contribution is 0.0889. The van der Waals surface area contributed by atoms with Gasteiger partial charge in [0.25, 0.3) is 0 Å². The molecule has 1 unspecified atom stereocenters. The van der Waals surface area contributed by atoms with Crippen molar-refractivity contribution in [2.45, 2.75) is 12.6 Å². The second kappa shape index (κ2) is 7.28. The molecular weight excluding hydrogens is 310 g/mol. The summed E-state index contributed by atoms with van der Waals surface area (Å²) >= 11 is 0. The van der Waals surface area contributed by atoms with Crippen molar-refractivity contribution in [3.63, 3.8) is 0 Å². The fourth-order valence-corrected chi connectivity index (χ4v) is 3.25. The standard InChI is InChI=1S/C19H22F2N2O/c1-22-10-11-23(13-17(22)14-6-4-3-5-7-14)12-15-18(24-2)9-8-16(20)19(15)21/h3-9,17H,10-13H2,1-2H3. The molecule has 2 aromatic carbocycles. The number of halogens is 2. The molecule has 0 N–H and O–H groups in total. The Hall–Kier alpha value is -1.98. The molecule has 128 valence electrons. The minimum Gasteiger partial charge on any atom is -0.496 e. The molecule has 1 atom stereocenters. The maximum Gasteiger partial charge on any atom is 0.167 e. The summed E-state index contributed by atoms with van der Waals surface area (Å²) in [6.07, 6.45) is 0. The van der Waals surface area contributed by atoms with E-state index in [1.165, 1.54) is 18.7 Å². The number of rotatable bonds is 4. The first kappa shape index (κ1) is 16.9. The zero-order valence-corrected chi connectivity index (χ0v) is 14.0. The van der Waals surface area contributed by atoms with E-state index in [-0.39, 0.29) is 11.6 Å². The summed E-state index contributed by atoms with van der Waals surface area (Å²) in [5, 5.41) is 0. The highest BCUT2D eigenvalue weighted by atomic mass is 19.2. The number of methoxy groups -OCH3 is 1. The first-order chi connectivity index (χ1) is 11.6. The van der Waals surface area contributed by atoms with Gasteiger partial charge in [-0.25, -0.2) is 8.78 Å². The van der Waals surface area contributed by atoms with E-state index in [0.717, 1.165) is 25.7 Å². The van der Waals surface area contributed by atoms with Crippen molar-refractivity contribution in [2.75, 3.05) is 33.8 Å². The third-order valence-corrected chi connectivity index (χ3v) is 4.67. The van der Waals surface area contributed by atoms with Gasteiger partial charge in [-0.3, -0.25) is 9.80 Å². The number of hydrogen-bond donors (Lipinski definition) is 0. The van der Waals surface area contributed by atoms with E-state index in [4.69, 9.17) is 4.74 Å². The Morgan fingerprint density at radius 3 is 2.54 bits per heavy atom. The minimum atomic E-state index is -0.834. The summed E-state index contributed by atoms with van der Waals surface area (Å²) in [6, 6.07) is 13.1. The van der Waals surface area contributed by atoms with Crippen LogP contribution in [0.2, 0.25) is 0 Å². The molecule has 1 aliphatic heterocycles. The molecule has 0 aliphatic carbocycles. The van der Waals surface area contributed by atoms with Crippen molar-refractivity contribution in [3.05, 3.63) is 65.2 Å². The van der Waals surface area contributed by atoms with Crippen LogP contribution < -0.4 is 4.74 Å². The zero-order valence-electron chi connectivity index (χ0n) is 14.0. The Kier molecular flexibility index (Phi) is 5.11. The molecule has 1 aliphatic rings. The molecule has 2 aromatic rings. The summed E-state index contributed by atoms with van der Waals surface area (Å²) in [6.45, 7) is 2.78. The molecule has 1 fully saturated rings. The second-order valence-electron chi connectivity index (χ2n) is 6.18. The molecular formula is C19H22F2N2O. The van der Waals surface area contributed by atoms with Gasteiger partial charge in [0, 0.05) is 37.8 Å². The van der Waals surface area contributed by atoms with E-state index in [0.29, 0.717) is 12.3 Å². The van der Waals surface area contributed by atoms with Crippen molar-refractivity contribution in [1.82, 2.24) is 9.80 Å². The van der Waals surface area contributed by atoms with Gasteiger partial charge in [0.2, 0.25) is 0 Å². The molecule has 5 heteroatoms. The van der Waals surface area contributed by atoms with Crippen molar-refractivity contribution in [3.8, 4) is 5.75 Å². The van der Waals surface area contributed by atoms with E-state index in [2.05, 4.69) is 29.0 Å². The van der Waals surface area contributed by atoms with E-state index in [9.17, 15) is 8.78 Å². The van der Waals surface area contributed by atoms with Gasteiger partial charge in [0.1, 0.15) is 5.75 Å². The molecule has 0 aromatic heterocycles. The maximum absolute atomic E-state index is 14.2. The van der Waals surface area contributed by atoms with Gasteiger partial charge in [-0.1, -0.05) is 30.3 Å². The number of benzene rings is 2. The van der Waals surface area contributed by atoms with Gasteiger partial charge in [0.05, 0.1) is 7.11 Å². The molecule has 1 heterocycles. The number of piperazine rings is 1. The van der Waals surface area contributed by atoms with E-state index < -0.39 is 11.6 Å². The lowest BCUT2D eigenvalue weighted by Gasteiger charge is -2.40. The number of nitrogens with zero attached hydrogens (tertiary/aromatic N) is 2. The highest BCUT2D eigenvalue weighted by molar-refractivity contribution is 5.35. The molecule has 3 nitrogen and oxygen atoms in total. The molecule has 3 rings (SSSR count). The third-order valence-electron chi connectivity index (χ3n) is 4.67. The van der Waals surface area contributed by atoms with Crippen LogP contribution in [0.15, 0.2) is 42.5 Å². The normalized spacial score (nSPS) is 19.4. The van der Waals surface area contributed by atoms with Crippen LogP contribution in [0.3, 0.4) is 0 Å². The lowest BCUT2D eigenvalue weighted by atomic mass is 10.0. The number of hydrogen-bond acceptors (Lipinski definition) is 3. The van der Waals surface area contributed by atoms with Crippen molar-refractivity contribution in [1.29, 1.82) is 0 Å². The quantitative estimate of drug-likeness (QED) is 0.853. The molecule has 0 spiro atoms. The predicted octanol–water partition coefficient (Wildman–Crippen LogP) is 3.46. The van der Waals surface area contributed by atoms with Gasteiger partial charge < -0.3 is 4.74 Å². The first-order valence-electron chi connectivity index (χ1n) is 8.08. The topological polar surface area (TPSA) is 15.7 Å². The Morgan fingerprint density at radius 1 is 1.08 bits per heavy atom. The monoisotopic (exact) mass is 332 g/mol. The highest BCUT2D eigenvalue weighted by Crippen LogP contribution is 2.29. The van der Waals surface area contributed by atoms with E-state index in [1.54, 1.807) is 0 Å². The average molecular weight is 332 g/mol. The molecule has 1 saturated heterocycles. The van der Waals surface area contributed by atoms with E-state index >= 15 is 0 Å². The fraction of sp³-hybridized carbons (Fsp3) is 0.368. The van der Waals surface area contributed by atoms with Crippen LogP contribution >= 0.6 is 0 Å². The molecule has 0 amide bonds. The van der Waals surface area contributed by atoms with E-state index in [1.807, 2.05) is 18.2 Å². The smallest absolute Gasteiger partial charge is 0.167 e. The van der Waals surface area contributed by atoms with Gasteiger partial charge in [-0.15, -0.1) is 0 Å². The number of likely N-dealkylation sites (N-methyl/N-ethyl adjacent to an activating group) is 1. The van der Waals surface area contributed by atoms with Gasteiger partial charge in [-0.2, -0.15) is 0 Å². The zero-order chi connectivity index (χ0) is 17.1. The Bertz CT molecular complexity index is 693. The van der Waals surface area contributed by atoms with Crippen LogP contribution in [0.4, 0.5) is 8.78 Å². The van der Waals surface area contributed by atoms with Crippen molar-refractivity contribution < 1.29 is 13.5 Å². The van der Waals surface area contributed by atoms with Crippen LogP contribution in [0, 0.1) is 11.6 Å². The summed E-state index contributed by atoms with van der Waals surface area (Å²) in [7, 11) is 3.57. The van der Waals surface area contributed by atoms with Crippen molar-refractivity contribution >= 4 is 0 Å². The number of ether oxygens (including phenoxy) is 1. The Morgan fingerprint density at radius 2 is 1.83 bits per heavy atom. The van der Waals surface area contributed by atoms with Crippen LogP contribution in [0.25, 0.3) is 0 Å². The molecule has 0 bridgehead atoms. The largest absolute Gasteiger partial charge is 0.496 e. The van der Waals surface area contributed by atoms with Gasteiger partial charge in [0.15, 0.2) is 11.6 Å². The lowest BCUT2D eigenvalue weighted by Crippen LogP contribution is -2.46. The van der Waals surface area contributed by atoms with Crippen LogP contribution in [-0.4, -0.2) is 43.6 Å². The summed E-state index contributed by atoms with van der Waals surface area (Å²) < 4.78 is 33.0. The van der Waals surface area contributed by atoms with Crippen LogP contribution in [-0.2, 0) is 6.54 Å². The highest BCUT2D eigenvalue weighted by Gasteiger charge is 2.27. The summed E-state index contributed by atoms with van der Waals surface area (Å²) in [5.41, 5.74) is 1.52. The predicted molar refractivity (Wildman–Crippen MR) is 90.0 cm³/mol. The fourth-order valence-electron chi connectivity index (χ4n) is 3.25. The molecule has 24 heavy (non-hydrogen) atoms. The second-order valence-corrected chi connectivity index (χ2v) is 6.18. The van der Waals surface area contributed by atoms with Gasteiger partial charge >= 0.3 is 0 Å². The summed E-state index contributed by atoms with van der Waals surface area (Å²) in [5.74, 6) is -1.26. The third kappa shape index (κ3) is 3.42. The van der Waals surface area contributed by atoms with Crippen LogP contribution in [0.5, 0.6) is 5.75 Å². The Balaban J connectivity index is 1.80. The van der Waals surface area contributed by atoms with Gasteiger partial charge in [-0.05, 0) is 24.7 Å². The molecule has 0 saturated carbocycles. The van der Waals surface area contributed by atoms with Crippen LogP contribution in [0.1, 0.15) is 17.2 Å². The first-order valence-corrected chi connectivity index (χ1v) is 8.08. The molecule has 0 radical (unpaired) electrons. The Labute approximate surface area is 141 Å². The summed E-state index contributed by atoms with van der Waals surface area (Å²) in [4.78, 5) is 4.45.